The zero-order valence-electron chi connectivity index (χ0n) is 16.9. The van der Waals surface area contributed by atoms with Gasteiger partial charge in [-0.3, -0.25) is 4.79 Å². The van der Waals surface area contributed by atoms with Crippen LogP contribution < -0.4 is 5.63 Å². The van der Waals surface area contributed by atoms with Crippen LogP contribution in [0.2, 0.25) is 0 Å². The van der Waals surface area contributed by atoms with Crippen molar-refractivity contribution >= 4 is 32.9 Å². The summed E-state index contributed by atoms with van der Waals surface area (Å²) in [6.45, 7) is 5.76. The van der Waals surface area contributed by atoms with E-state index >= 15 is 0 Å². The van der Waals surface area contributed by atoms with Crippen LogP contribution in [0.1, 0.15) is 41.0 Å². The summed E-state index contributed by atoms with van der Waals surface area (Å²) >= 11 is 3.47. The summed E-state index contributed by atoms with van der Waals surface area (Å²) in [6, 6.07) is 15.0. The van der Waals surface area contributed by atoms with E-state index in [4.69, 9.17) is 9.15 Å². The lowest BCUT2D eigenvalue weighted by atomic mass is 9.95. The quantitative estimate of drug-likeness (QED) is 0.394. The number of ether oxygens (including phenoxy) is 1. The number of fused-ring (bicyclic) bond motifs is 1. The fraction of sp³-hybridized carbons (Fsp3) is 0.292. The molecule has 3 aromatic rings. The molecule has 5 nitrogen and oxygen atoms in total. The predicted octanol–water partition coefficient (Wildman–Crippen LogP) is 5.13. The van der Waals surface area contributed by atoms with Gasteiger partial charge in [0.15, 0.2) is 5.41 Å². The minimum Gasteiger partial charge on any atom is -0.465 e. The highest BCUT2D eigenvalue weighted by Crippen LogP contribution is 2.71. The van der Waals surface area contributed by atoms with Crippen LogP contribution in [0, 0.1) is 30.6 Å². The van der Waals surface area contributed by atoms with Crippen molar-refractivity contribution in [2.75, 3.05) is 6.61 Å². The lowest BCUT2D eigenvalue weighted by Crippen LogP contribution is -2.21. The minimum absolute atomic E-state index is 0.177. The molecule has 1 saturated carbocycles. The molecule has 1 aromatic heterocycles. The first-order chi connectivity index (χ1) is 14.3. The van der Waals surface area contributed by atoms with Gasteiger partial charge in [-0.05, 0) is 61.2 Å². The van der Waals surface area contributed by atoms with Crippen molar-refractivity contribution in [3.8, 4) is 6.07 Å². The van der Waals surface area contributed by atoms with E-state index < -0.39 is 28.8 Å². The highest BCUT2D eigenvalue weighted by molar-refractivity contribution is 9.10. The van der Waals surface area contributed by atoms with Crippen LogP contribution in [0.4, 0.5) is 0 Å². The summed E-state index contributed by atoms with van der Waals surface area (Å²) in [6.07, 6.45) is 0. The fourth-order valence-corrected chi connectivity index (χ4v) is 5.04. The van der Waals surface area contributed by atoms with Gasteiger partial charge in [0.1, 0.15) is 5.58 Å². The normalized spacial score (nSPS) is 22.5. The first kappa shape index (κ1) is 20.4. The number of benzene rings is 2. The SMILES string of the molecule is CCOC(=O)C1(C#N)C(c2cccc(Br)c2)C1c1cc(=O)oc2cc(C)cc(C)c12. The van der Waals surface area contributed by atoms with Crippen molar-refractivity contribution in [3.63, 3.8) is 0 Å². The van der Waals surface area contributed by atoms with Crippen molar-refractivity contribution in [2.24, 2.45) is 5.41 Å². The molecule has 0 spiro atoms. The lowest BCUT2D eigenvalue weighted by Gasteiger charge is -2.11. The number of nitriles is 1. The van der Waals surface area contributed by atoms with Gasteiger partial charge in [-0.25, -0.2) is 4.79 Å². The molecule has 1 aliphatic rings. The Morgan fingerprint density at radius 2 is 2.00 bits per heavy atom. The van der Waals surface area contributed by atoms with E-state index in [0.29, 0.717) is 11.1 Å². The van der Waals surface area contributed by atoms with Gasteiger partial charge in [0.25, 0.3) is 0 Å². The van der Waals surface area contributed by atoms with E-state index in [1.807, 2.05) is 50.2 Å². The molecule has 6 heteroatoms. The number of nitrogens with zero attached hydrogens (tertiary/aromatic N) is 1. The maximum absolute atomic E-state index is 13.0. The van der Waals surface area contributed by atoms with Gasteiger partial charge in [-0.1, -0.05) is 34.1 Å². The number of esters is 1. The van der Waals surface area contributed by atoms with E-state index in [9.17, 15) is 14.9 Å². The molecule has 152 valence electrons. The third kappa shape index (κ3) is 3.05. The van der Waals surface area contributed by atoms with Gasteiger partial charge < -0.3 is 9.15 Å². The second-order valence-corrected chi connectivity index (χ2v) is 8.60. The minimum atomic E-state index is -1.39. The maximum atomic E-state index is 13.0. The molecule has 0 radical (unpaired) electrons. The Hall–Kier alpha value is -2.91. The zero-order chi connectivity index (χ0) is 21.6. The molecule has 0 amide bonds. The van der Waals surface area contributed by atoms with E-state index in [-0.39, 0.29) is 6.61 Å². The van der Waals surface area contributed by atoms with Gasteiger partial charge in [0, 0.05) is 27.8 Å². The van der Waals surface area contributed by atoms with Gasteiger partial charge >= 0.3 is 11.6 Å². The van der Waals surface area contributed by atoms with Crippen molar-refractivity contribution in [3.05, 3.63) is 79.6 Å². The van der Waals surface area contributed by atoms with Gasteiger partial charge in [-0.15, -0.1) is 0 Å². The highest BCUT2D eigenvalue weighted by atomic mass is 79.9. The van der Waals surface area contributed by atoms with Crippen LogP contribution in [0.5, 0.6) is 0 Å². The molecule has 0 aliphatic heterocycles. The number of rotatable bonds is 4. The molecule has 4 rings (SSSR count). The van der Waals surface area contributed by atoms with Gasteiger partial charge in [0.05, 0.1) is 12.7 Å². The van der Waals surface area contributed by atoms with Crippen molar-refractivity contribution in [2.45, 2.75) is 32.6 Å². The van der Waals surface area contributed by atoms with Crippen molar-refractivity contribution in [1.29, 1.82) is 5.26 Å². The third-order valence-electron chi connectivity index (χ3n) is 5.76. The Labute approximate surface area is 182 Å². The van der Waals surface area contributed by atoms with Crippen LogP contribution in [0.3, 0.4) is 0 Å². The van der Waals surface area contributed by atoms with Crippen molar-refractivity contribution < 1.29 is 13.9 Å². The van der Waals surface area contributed by atoms with Crippen LogP contribution in [0.25, 0.3) is 11.0 Å². The highest BCUT2D eigenvalue weighted by Gasteiger charge is 2.73. The number of carbonyl (C=O) groups excluding carboxylic acids is 1. The second kappa shape index (κ2) is 7.41. The van der Waals surface area contributed by atoms with Crippen LogP contribution in [-0.4, -0.2) is 12.6 Å². The molecule has 3 atom stereocenters. The fourth-order valence-electron chi connectivity index (χ4n) is 4.62. The number of aryl methyl sites for hydroxylation is 2. The molecular formula is C24H20BrNO4. The molecule has 1 fully saturated rings. The summed E-state index contributed by atoms with van der Waals surface area (Å²) < 4.78 is 11.6. The second-order valence-electron chi connectivity index (χ2n) is 7.69. The summed E-state index contributed by atoms with van der Waals surface area (Å²) in [4.78, 5) is 25.4. The Balaban J connectivity index is 1.99. The van der Waals surface area contributed by atoms with Gasteiger partial charge in [0.2, 0.25) is 0 Å². The first-order valence-corrected chi connectivity index (χ1v) is 10.5. The monoisotopic (exact) mass is 465 g/mol. The lowest BCUT2D eigenvalue weighted by molar-refractivity contribution is -0.147. The average Bonchev–Trinajstić information content (AvgIpc) is 3.37. The van der Waals surface area contributed by atoms with Crippen LogP contribution in [0.15, 0.2) is 56.1 Å². The Morgan fingerprint density at radius 3 is 2.67 bits per heavy atom. The van der Waals surface area contributed by atoms with E-state index in [1.165, 1.54) is 6.07 Å². The standard InChI is InChI=1S/C24H20BrNO4/c1-4-29-23(28)24(12-26)21(15-6-5-7-16(25)10-15)22(24)17-11-19(27)30-18-9-13(2)8-14(3)20(17)18/h5-11,21-22H,4H2,1-3H3. The Morgan fingerprint density at radius 1 is 1.23 bits per heavy atom. The topological polar surface area (TPSA) is 80.3 Å². The van der Waals surface area contributed by atoms with Crippen LogP contribution >= 0.6 is 15.9 Å². The van der Waals surface area contributed by atoms with Crippen LogP contribution in [-0.2, 0) is 9.53 Å². The third-order valence-corrected chi connectivity index (χ3v) is 6.26. The Bertz CT molecular complexity index is 1270. The molecule has 2 aromatic carbocycles. The molecule has 3 unspecified atom stereocenters. The van der Waals surface area contributed by atoms with Gasteiger partial charge in [-0.2, -0.15) is 5.26 Å². The molecule has 1 heterocycles. The number of hydrogen-bond acceptors (Lipinski definition) is 5. The molecule has 0 bridgehead atoms. The summed E-state index contributed by atoms with van der Waals surface area (Å²) in [5.74, 6) is -1.50. The summed E-state index contributed by atoms with van der Waals surface area (Å²) in [5, 5.41) is 10.9. The largest absolute Gasteiger partial charge is 0.465 e. The molecule has 0 saturated heterocycles. The molecular weight excluding hydrogens is 446 g/mol. The van der Waals surface area contributed by atoms with E-state index in [1.54, 1.807) is 6.92 Å². The predicted molar refractivity (Wildman–Crippen MR) is 116 cm³/mol. The average molecular weight is 466 g/mol. The Kier molecular flexibility index (Phi) is 5.03. The summed E-state index contributed by atoms with van der Waals surface area (Å²) in [5.41, 5.74) is 1.96. The zero-order valence-corrected chi connectivity index (χ0v) is 18.4. The van der Waals surface area contributed by atoms with Crippen molar-refractivity contribution in [1.82, 2.24) is 0 Å². The molecule has 0 N–H and O–H groups in total. The van der Waals surface area contributed by atoms with E-state index in [2.05, 4.69) is 22.0 Å². The number of halogens is 1. The number of carbonyl (C=O) groups is 1. The maximum Gasteiger partial charge on any atom is 0.336 e. The smallest absolute Gasteiger partial charge is 0.336 e. The molecule has 30 heavy (non-hydrogen) atoms. The molecule has 1 aliphatic carbocycles. The number of hydrogen-bond donors (Lipinski definition) is 0. The first-order valence-electron chi connectivity index (χ1n) is 9.72. The van der Waals surface area contributed by atoms with E-state index in [0.717, 1.165) is 26.5 Å². The summed E-state index contributed by atoms with van der Waals surface area (Å²) in [7, 11) is 0.